The van der Waals surface area contributed by atoms with Crippen molar-refractivity contribution >= 4 is 5.91 Å². The Hall–Kier alpha value is -2.17. The van der Waals surface area contributed by atoms with Crippen LogP contribution in [-0.4, -0.2) is 29.3 Å². The van der Waals surface area contributed by atoms with Gasteiger partial charge in [-0.3, -0.25) is 4.79 Å². The van der Waals surface area contributed by atoms with Crippen molar-refractivity contribution in [2.45, 2.75) is 51.7 Å². The van der Waals surface area contributed by atoms with Gasteiger partial charge in [-0.25, -0.2) is 0 Å². The molecule has 138 valence electrons. The molecule has 3 rings (SSSR count). The van der Waals surface area contributed by atoms with Crippen molar-refractivity contribution in [2.75, 3.05) is 6.61 Å². The molecule has 0 radical (unpaired) electrons. The first-order valence-corrected chi connectivity index (χ1v) is 9.19. The minimum absolute atomic E-state index is 0.0969. The summed E-state index contributed by atoms with van der Waals surface area (Å²) >= 11 is 0. The van der Waals surface area contributed by atoms with E-state index in [0.717, 1.165) is 17.5 Å². The zero-order chi connectivity index (χ0) is 18.4. The SMILES string of the molecule is CC1(C)OCCC(CC(=O)N(Cc2ccccc2)Cc2ccccc2)O1. The first kappa shape index (κ1) is 18.6. The second-order valence-electron chi connectivity index (χ2n) is 7.20. The summed E-state index contributed by atoms with van der Waals surface area (Å²) in [6.07, 6.45) is 1.03. The fraction of sp³-hybridized carbons (Fsp3) is 0.409. The van der Waals surface area contributed by atoms with Crippen LogP contribution in [0.2, 0.25) is 0 Å². The third-order valence-electron chi connectivity index (χ3n) is 4.53. The predicted molar refractivity (Wildman–Crippen MR) is 101 cm³/mol. The van der Waals surface area contributed by atoms with Crippen LogP contribution >= 0.6 is 0 Å². The van der Waals surface area contributed by atoms with E-state index in [0.29, 0.717) is 26.1 Å². The molecule has 0 N–H and O–H groups in total. The zero-order valence-electron chi connectivity index (χ0n) is 15.6. The Labute approximate surface area is 155 Å². The average Bonchev–Trinajstić information content (AvgIpc) is 2.62. The highest BCUT2D eigenvalue weighted by atomic mass is 16.7. The summed E-state index contributed by atoms with van der Waals surface area (Å²) < 4.78 is 11.5. The molecule has 26 heavy (non-hydrogen) atoms. The highest BCUT2D eigenvalue weighted by Crippen LogP contribution is 2.25. The molecule has 4 nitrogen and oxygen atoms in total. The maximum atomic E-state index is 13.0. The van der Waals surface area contributed by atoms with Gasteiger partial charge in [-0.05, 0) is 31.4 Å². The summed E-state index contributed by atoms with van der Waals surface area (Å²) in [7, 11) is 0. The molecule has 1 heterocycles. The number of rotatable bonds is 6. The van der Waals surface area contributed by atoms with Gasteiger partial charge < -0.3 is 14.4 Å². The second-order valence-corrected chi connectivity index (χ2v) is 7.20. The van der Waals surface area contributed by atoms with E-state index < -0.39 is 5.79 Å². The third kappa shape index (κ3) is 5.41. The smallest absolute Gasteiger partial charge is 0.225 e. The van der Waals surface area contributed by atoms with Crippen molar-refractivity contribution in [3.05, 3.63) is 71.8 Å². The van der Waals surface area contributed by atoms with Crippen LogP contribution in [0.3, 0.4) is 0 Å². The first-order chi connectivity index (χ1) is 12.5. The van der Waals surface area contributed by atoms with Gasteiger partial charge in [0.05, 0.1) is 19.1 Å². The summed E-state index contributed by atoms with van der Waals surface area (Å²) in [5.74, 6) is -0.507. The number of nitrogens with zero attached hydrogens (tertiary/aromatic N) is 1. The van der Waals surface area contributed by atoms with Crippen molar-refractivity contribution in [3.63, 3.8) is 0 Å². The van der Waals surface area contributed by atoms with Crippen LogP contribution in [0, 0.1) is 0 Å². The number of ether oxygens (including phenoxy) is 2. The lowest BCUT2D eigenvalue weighted by molar-refractivity contribution is -0.273. The van der Waals surface area contributed by atoms with Crippen LogP contribution in [0.4, 0.5) is 0 Å². The fourth-order valence-corrected chi connectivity index (χ4v) is 3.24. The van der Waals surface area contributed by atoms with Crippen LogP contribution in [0.25, 0.3) is 0 Å². The Morgan fingerprint density at radius 1 is 1.00 bits per heavy atom. The Kier molecular flexibility index (Phi) is 6.07. The number of carbonyl (C=O) groups excluding carboxylic acids is 1. The molecular formula is C22H27NO3. The standard InChI is InChI=1S/C22H27NO3/c1-22(2)25-14-13-20(26-22)15-21(24)23(16-18-9-5-3-6-10-18)17-19-11-7-4-8-12-19/h3-12,20H,13-17H2,1-2H3. The van der Waals surface area contributed by atoms with Crippen LogP contribution in [-0.2, 0) is 27.4 Å². The van der Waals surface area contributed by atoms with Gasteiger partial charge in [-0.1, -0.05) is 60.7 Å². The molecule has 2 aromatic carbocycles. The molecule has 0 aromatic heterocycles. The van der Waals surface area contributed by atoms with Gasteiger partial charge >= 0.3 is 0 Å². The van der Waals surface area contributed by atoms with Crippen molar-refractivity contribution in [3.8, 4) is 0 Å². The normalized spacial score (nSPS) is 19.1. The van der Waals surface area contributed by atoms with E-state index >= 15 is 0 Å². The molecule has 2 aromatic rings. The van der Waals surface area contributed by atoms with E-state index in [1.165, 1.54) is 0 Å². The third-order valence-corrected chi connectivity index (χ3v) is 4.53. The van der Waals surface area contributed by atoms with Gasteiger partial charge in [0.2, 0.25) is 5.91 Å². The summed E-state index contributed by atoms with van der Waals surface area (Å²) in [6, 6.07) is 20.2. The van der Waals surface area contributed by atoms with Crippen molar-refractivity contribution in [2.24, 2.45) is 0 Å². The summed E-state index contributed by atoms with van der Waals surface area (Å²) in [6.45, 7) is 5.62. The lowest BCUT2D eigenvalue weighted by atomic mass is 10.1. The van der Waals surface area contributed by atoms with E-state index in [4.69, 9.17) is 9.47 Å². The molecule has 1 fully saturated rings. The molecule has 1 amide bonds. The van der Waals surface area contributed by atoms with E-state index in [9.17, 15) is 4.79 Å². The molecule has 1 aliphatic heterocycles. The molecule has 0 aliphatic carbocycles. The highest BCUT2D eigenvalue weighted by Gasteiger charge is 2.31. The van der Waals surface area contributed by atoms with Gasteiger partial charge in [0.1, 0.15) is 0 Å². The fourth-order valence-electron chi connectivity index (χ4n) is 3.24. The van der Waals surface area contributed by atoms with Crippen molar-refractivity contribution in [1.82, 2.24) is 4.90 Å². The highest BCUT2D eigenvalue weighted by molar-refractivity contribution is 5.76. The van der Waals surface area contributed by atoms with Gasteiger partial charge in [0.25, 0.3) is 0 Å². The molecule has 1 saturated heterocycles. The lowest BCUT2D eigenvalue weighted by Crippen LogP contribution is -2.42. The Balaban J connectivity index is 1.70. The lowest BCUT2D eigenvalue weighted by Gasteiger charge is -2.36. The van der Waals surface area contributed by atoms with Crippen molar-refractivity contribution in [1.29, 1.82) is 0 Å². The van der Waals surface area contributed by atoms with Gasteiger partial charge in [0, 0.05) is 13.1 Å². The second kappa shape index (κ2) is 8.47. The van der Waals surface area contributed by atoms with E-state index in [1.807, 2.05) is 55.1 Å². The molecule has 0 bridgehead atoms. The maximum Gasteiger partial charge on any atom is 0.225 e. The summed E-state index contributed by atoms with van der Waals surface area (Å²) in [5, 5.41) is 0. The first-order valence-electron chi connectivity index (χ1n) is 9.19. The van der Waals surface area contributed by atoms with Crippen LogP contribution in [0.1, 0.15) is 37.8 Å². The number of benzene rings is 2. The van der Waals surface area contributed by atoms with Gasteiger partial charge in [0.15, 0.2) is 5.79 Å². The number of hydrogen-bond donors (Lipinski definition) is 0. The maximum absolute atomic E-state index is 13.0. The summed E-state index contributed by atoms with van der Waals surface area (Å²) in [4.78, 5) is 14.9. The predicted octanol–water partition coefficient (Wildman–Crippen LogP) is 4.15. The quantitative estimate of drug-likeness (QED) is 0.783. The topological polar surface area (TPSA) is 38.8 Å². The molecule has 1 unspecified atom stereocenters. The minimum Gasteiger partial charge on any atom is -0.350 e. The zero-order valence-corrected chi connectivity index (χ0v) is 15.6. The van der Waals surface area contributed by atoms with Gasteiger partial charge in [-0.2, -0.15) is 0 Å². The Morgan fingerprint density at radius 3 is 2.04 bits per heavy atom. The molecule has 0 saturated carbocycles. The van der Waals surface area contributed by atoms with E-state index in [2.05, 4.69) is 24.3 Å². The molecule has 4 heteroatoms. The molecule has 1 atom stereocenters. The van der Waals surface area contributed by atoms with Gasteiger partial charge in [-0.15, -0.1) is 0 Å². The Bertz CT molecular complexity index is 658. The average molecular weight is 353 g/mol. The molecule has 0 spiro atoms. The van der Waals surface area contributed by atoms with Crippen LogP contribution in [0.5, 0.6) is 0 Å². The van der Waals surface area contributed by atoms with E-state index in [-0.39, 0.29) is 12.0 Å². The largest absolute Gasteiger partial charge is 0.350 e. The number of hydrogen-bond acceptors (Lipinski definition) is 3. The van der Waals surface area contributed by atoms with Crippen LogP contribution < -0.4 is 0 Å². The van der Waals surface area contributed by atoms with Crippen molar-refractivity contribution < 1.29 is 14.3 Å². The minimum atomic E-state index is -0.618. The molecular weight excluding hydrogens is 326 g/mol. The Morgan fingerprint density at radius 2 is 1.54 bits per heavy atom. The van der Waals surface area contributed by atoms with E-state index in [1.54, 1.807) is 0 Å². The monoisotopic (exact) mass is 353 g/mol. The number of carbonyl (C=O) groups is 1. The molecule has 1 aliphatic rings. The number of amides is 1. The van der Waals surface area contributed by atoms with Crippen LogP contribution in [0.15, 0.2) is 60.7 Å². The summed E-state index contributed by atoms with van der Waals surface area (Å²) in [5.41, 5.74) is 2.26.